The minimum atomic E-state index is -0.0308. The zero-order valence-electron chi connectivity index (χ0n) is 13.8. The molecule has 1 N–H and O–H groups in total. The first-order valence-corrected chi connectivity index (χ1v) is 8.55. The summed E-state index contributed by atoms with van der Waals surface area (Å²) >= 11 is 0. The van der Waals surface area contributed by atoms with Gasteiger partial charge in [0.1, 0.15) is 11.5 Å². The fourth-order valence-corrected chi connectivity index (χ4v) is 3.07. The van der Waals surface area contributed by atoms with E-state index in [2.05, 4.69) is 10.2 Å². The monoisotopic (exact) mass is 328 g/mol. The lowest BCUT2D eigenvalue weighted by molar-refractivity contribution is -0.125. The van der Waals surface area contributed by atoms with E-state index >= 15 is 0 Å². The molecule has 3 rings (SSSR count). The van der Waals surface area contributed by atoms with Gasteiger partial charge < -0.3 is 14.5 Å². The molecule has 2 heterocycles. The smallest absolute Gasteiger partial charge is 0.237 e. The van der Waals surface area contributed by atoms with Crippen LogP contribution in [0.25, 0.3) is 0 Å². The number of nitrogens with zero attached hydrogens (tertiary/aromatic N) is 1. The first kappa shape index (κ1) is 16.6. The molecular weight excluding hydrogens is 304 g/mol. The van der Waals surface area contributed by atoms with Crippen LogP contribution in [-0.2, 0) is 11.3 Å². The summed E-state index contributed by atoms with van der Waals surface area (Å²) in [5, 5.41) is 2.97. The van der Waals surface area contributed by atoms with Crippen molar-refractivity contribution < 1.29 is 13.9 Å². The maximum atomic E-state index is 12.4. The van der Waals surface area contributed by atoms with Crippen LogP contribution in [0.5, 0.6) is 5.75 Å². The van der Waals surface area contributed by atoms with Gasteiger partial charge >= 0.3 is 0 Å². The zero-order chi connectivity index (χ0) is 16.6. The van der Waals surface area contributed by atoms with E-state index < -0.39 is 0 Å². The molecule has 0 bridgehead atoms. The second-order valence-corrected chi connectivity index (χ2v) is 6.01. The number of amides is 1. The van der Waals surface area contributed by atoms with Crippen molar-refractivity contribution in [2.75, 3.05) is 19.7 Å². The van der Waals surface area contributed by atoms with Gasteiger partial charge in [0.05, 0.1) is 25.5 Å². The van der Waals surface area contributed by atoms with E-state index in [1.54, 1.807) is 6.26 Å². The quantitative estimate of drug-likeness (QED) is 0.757. The topological polar surface area (TPSA) is 54.7 Å². The van der Waals surface area contributed by atoms with Crippen LogP contribution in [0.15, 0.2) is 53.1 Å². The fraction of sp³-hybridized carbons (Fsp3) is 0.421. The summed E-state index contributed by atoms with van der Waals surface area (Å²) in [5.41, 5.74) is 0. The Kier molecular flexibility index (Phi) is 5.90. The molecule has 24 heavy (non-hydrogen) atoms. The molecule has 1 atom stereocenters. The Bertz CT molecular complexity index is 613. The Morgan fingerprint density at radius 3 is 2.92 bits per heavy atom. The molecule has 1 aliphatic rings. The number of hydrogen-bond donors (Lipinski definition) is 1. The highest BCUT2D eigenvalue weighted by atomic mass is 16.5. The largest absolute Gasteiger partial charge is 0.494 e. The standard InChI is InChI=1S/C19H24N2O3/c22-19(20-15-17-9-5-13-24-17)18-10-4-11-21(18)12-6-14-23-16-7-2-1-3-8-16/h1-3,5,7-9,13,18H,4,6,10-12,14-15H2,(H,20,22)/t18-/m0/s1. The first-order valence-electron chi connectivity index (χ1n) is 8.55. The van der Waals surface area contributed by atoms with Gasteiger partial charge in [-0.2, -0.15) is 0 Å². The minimum Gasteiger partial charge on any atom is -0.494 e. The summed E-state index contributed by atoms with van der Waals surface area (Å²) in [7, 11) is 0. The number of benzene rings is 1. The molecule has 1 aromatic carbocycles. The molecule has 0 radical (unpaired) electrons. The molecule has 1 saturated heterocycles. The Morgan fingerprint density at radius 2 is 2.12 bits per heavy atom. The number of carbonyl (C=O) groups is 1. The minimum absolute atomic E-state index is 0.0308. The number of para-hydroxylation sites is 1. The zero-order valence-corrected chi connectivity index (χ0v) is 13.8. The number of furan rings is 1. The SMILES string of the molecule is O=C(NCc1ccco1)[C@@H]1CCCN1CCCOc1ccccc1. The Labute approximate surface area is 142 Å². The third-order valence-corrected chi connectivity index (χ3v) is 4.28. The Balaban J connectivity index is 1.39. The molecule has 0 saturated carbocycles. The van der Waals surface area contributed by atoms with Gasteiger partial charge in [0, 0.05) is 6.54 Å². The lowest BCUT2D eigenvalue weighted by Gasteiger charge is -2.23. The van der Waals surface area contributed by atoms with E-state index in [0.29, 0.717) is 13.2 Å². The van der Waals surface area contributed by atoms with Gasteiger partial charge in [0.2, 0.25) is 5.91 Å². The third-order valence-electron chi connectivity index (χ3n) is 4.28. The van der Waals surface area contributed by atoms with Gasteiger partial charge in [-0.25, -0.2) is 0 Å². The molecule has 1 amide bonds. The van der Waals surface area contributed by atoms with E-state index in [1.807, 2.05) is 42.5 Å². The van der Waals surface area contributed by atoms with Crippen LogP contribution in [0.1, 0.15) is 25.0 Å². The molecule has 5 nitrogen and oxygen atoms in total. The van der Waals surface area contributed by atoms with E-state index in [0.717, 1.165) is 43.9 Å². The molecule has 1 fully saturated rings. The highest BCUT2D eigenvalue weighted by Gasteiger charge is 2.30. The van der Waals surface area contributed by atoms with Crippen molar-refractivity contribution >= 4 is 5.91 Å². The number of carbonyl (C=O) groups excluding carboxylic acids is 1. The van der Waals surface area contributed by atoms with E-state index in [1.165, 1.54) is 0 Å². The van der Waals surface area contributed by atoms with Gasteiger partial charge in [-0.1, -0.05) is 18.2 Å². The molecule has 2 aromatic rings. The second-order valence-electron chi connectivity index (χ2n) is 6.01. The van der Waals surface area contributed by atoms with Gasteiger partial charge in [-0.15, -0.1) is 0 Å². The van der Waals surface area contributed by atoms with Crippen LogP contribution in [0.3, 0.4) is 0 Å². The number of likely N-dealkylation sites (tertiary alicyclic amines) is 1. The van der Waals surface area contributed by atoms with Crippen molar-refractivity contribution in [3.63, 3.8) is 0 Å². The fourth-order valence-electron chi connectivity index (χ4n) is 3.07. The highest BCUT2D eigenvalue weighted by molar-refractivity contribution is 5.81. The van der Waals surface area contributed by atoms with Crippen molar-refractivity contribution in [2.45, 2.75) is 31.8 Å². The summed E-state index contributed by atoms with van der Waals surface area (Å²) in [4.78, 5) is 14.6. The number of rotatable bonds is 8. The molecular formula is C19H24N2O3. The van der Waals surface area contributed by atoms with Crippen LogP contribution in [0.2, 0.25) is 0 Å². The van der Waals surface area contributed by atoms with Crippen LogP contribution in [0.4, 0.5) is 0 Å². The van der Waals surface area contributed by atoms with E-state index in [-0.39, 0.29) is 11.9 Å². The van der Waals surface area contributed by atoms with Crippen molar-refractivity contribution in [2.24, 2.45) is 0 Å². The maximum absolute atomic E-state index is 12.4. The predicted molar refractivity (Wildman–Crippen MR) is 91.7 cm³/mol. The average molecular weight is 328 g/mol. The number of hydrogen-bond acceptors (Lipinski definition) is 4. The molecule has 5 heteroatoms. The van der Waals surface area contributed by atoms with Crippen molar-refractivity contribution in [3.8, 4) is 5.75 Å². The van der Waals surface area contributed by atoms with Crippen molar-refractivity contribution in [1.82, 2.24) is 10.2 Å². The molecule has 0 spiro atoms. The molecule has 0 unspecified atom stereocenters. The number of ether oxygens (including phenoxy) is 1. The molecule has 1 aromatic heterocycles. The Morgan fingerprint density at radius 1 is 1.25 bits per heavy atom. The van der Waals surface area contributed by atoms with Crippen LogP contribution in [-0.4, -0.2) is 36.5 Å². The average Bonchev–Trinajstić information content (AvgIpc) is 3.29. The van der Waals surface area contributed by atoms with Gasteiger partial charge in [0.25, 0.3) is 0 Å². The lowest BCUT2D eigenvalue weighted by Crippen LogP contribution is -2.43. The summed E-state index contributed by atoms with van der Waals surface area (Å²) in [6.45, 7) is 2.98. The molecule has 1 aliphatic heterocycles. The summed E-state index contributed by atoms with van der Waals surface area (Å²) in [5.74, 6) is 1.77. The van der Waals surface area contributed by atoms with E-state index in [4.69, 9.17) is 9.15 Å². The summed E-state index contributed by atoms with van der Waals surface area (Å²) < 4.78 is 11.0. The van der Waals surface area contributed by atoms with Gasteiger partial charge in [0.15, 0.2) is 0 Å². The normalized spacial score (nSPS) is 17.8. The second kappa shape index (κ2) is 8.55. The predicted octanol–water partition coefficient (Wildman–Crippen LogP) is 2.83. The summed E-state index contributed by atoms with van der Waals surface area (Å²) in [6, 6.07) is 13.5. The van der Waals surface area contributed by atoms with Crippen LogP contribution >= 0.6 is 0 Å². The van der Waals surface area contributed by atoms with E-state index in [9.17, 15) is 4.79 Å². The number of nitrogens with one attached hydrogen (secondary N) is 1. The lowest BCUT2D eigenvalue weighted by atomic mass is 10.2. The summed E-state index contributed by atoms with van der Waals surface area (Å²) in [6.07, 6.45) is 4.52. The third kappa shape index (κ3) is 4.61. The van der Waals surface area contributed by atoms with Gasteiger partial charge in [-0.05, 0) is 50.1 Å². The van der Waals surface area contributed by atoms with Crippen molar-refractivity contribution in [3.05, 3.63) is 54.5 Å². The van der Waals surface area contributed by atoms with Crippen LogP contribution < -0.4 is 10.1 Å². The first-order chi connectivity index (χ1) is 11.8. The highest BCUT2D eigenvalue weighted by Crippen LogP contribution is 2.18. The maximum Gasteiger partial charge on any atom is 0.237 e. The molecule has 0 aliphatic carbocycles. The molecule has 128 valence electrons. The Hall–Kier alpha value is -2.27. The van der Waals surface area contributed by atoms with Crippen LogP contribution in [0, 0.1) is 0 Å². The van der Waals surface area contributed by atoms with Crippen molar-refractivity contribution in [1.29, 1.82) is 0 Å². The van der Waals surface area contributed by atoms with Gasteiger partial charge in [-0.3, -0.25) is 9.69 Å².